The maximum atomic E-state index is 11.8. The van der Waals surface area contributed by atoms with E-state index in [-0.39, 0.29) is 12.3 Å². The lowest BCUT2D eigenvalue weighted by molar-refractivity contribution is 0.0871. The lowest BCUT2D eigenvalue weighted by Gasteiger charge is -2.06. The Labute approximate surface area is 105 Å². The lowest BCUT2D eigenvalue weighted by atomic mass is 10.3. The van der Waals surface area contributed by atoms with Crippen LogP contribution in [0.2, 0.25) is 0 Å². The van der Waals surface area contributed by atoms with Crippen LogP contribution in [0.5, 0.6) is 5.75 Å². The van der Waals surface area contributed by atoms with E-state index in [1.54, 1.807) is 18.3 Å². The van der Waals surface area contributed by atoms with Crippen molar-refractivity contribution >= 4 is 12.2 Å². The average molecular weight is 243 g/mol. The van der Waals surface area contributed by atoms with Crippen LogP contribution in [0.1, 0.15) is 21.7 Å². The van der Waals surface area contributed by atoms with Gasteiger partial charge in [0.15, 0.2) is 6.29 Å². The monoisotopic (exact) mass is 243 g/mol. The van der Waals surface area contributed by atoms with Gasteiger partial charge in [0, 0.05) is 6.20 Å². The first-order chi connectivity index (χ1) is 8.81. The van der Waals surface area contributed by atoms with Gasteiger partial charge in [-0.1, -0.05) is 18.2 Å². The standard InChI is InChI=1S/C14H13NO3/c16-11-12-5-4-9-15(12)14(17)8-10-18-13-6-2-1-3-7-13/h1-7,9,11H,8,10H2. The summed E-state index contributed by atoms with van der Waals surface area (Å²) in [5, 5.41) is 0. The van der Waals surface area contributed by atoms with Crippen LogP contribution in [-0.2, 0) is 0 Å². The second-order valence-electron chi connectivity index (χ2n) is 3.73. The second kappa shape index (κ2) is 5.82. The molecule has 0 atom stereocenters. The molecule has 1 heterocycles. The van der Waals surface area contributed by atoms with Crippen molar-refractivity contribution in [2.45, 2.75) is 6.42 Å². The molecule has 4 nitrogen and oxygen atoms in total. The fraction of sp³-hybridized carbons (Fsp3) is 0.143. The van der Waals surface area contributed by atoms with Gasteiger partial charge >= 0.3 is 0 Å². The first-order valence-electron chi connectivity index (χ1n) is 5.65. The fourth-order valence-corrected chi connectivity index (χ4v) is 1.61. The second-order valence-corrected chi connectivity index (χ2v) is 3.73. The van der Waals surface area contributed by atoms with E-state index in [9.17, 15) is 9.59 Å². The van der Waals surface area contributed by atoms with Crippen LogP contribution in [0, 0.1) is 0 Å². The van der Waals surface area contributed by atoms with Crippen LogP contribution in [0.3, 0.4) is 0 Å². The zero-order chi connectivity index (χ0) is 12.8. The third-order valence-corrected chi connectivity index (χ3v) is 2.50. The number of aldehydes is 1. The van der Waals surface area contributed by atoms with Gasteiger partial charge in [0.05, 0.1) is 18.7 Å². The summed E-state index contributed by atoms with van der Waals surface area (Å²) >= 11 is 0. The fourth-order valence-electron chi connectivity index (χ4n) is 1.61. The van der Waals surface area contributed by atoms with Crippen LogP contribution in [0.25, 0.3) is 0 Å². The van der Waals surface area contributed by atoms with E-state index in [0.717, 1.165) is 5.75 Å². The summed E-state index contributed by atoms with van der Waals surface area (Å²) in [6.07, 6.45) is 2.47. The van der Waals surface area contributed by atoms with Crippen molar-refractivity contribution < 1.29 is 14.3 Å². The van der Waals surface area contributed by atoms with Crippen LogP contribution < -0.4 is 4.74 Å². The molecule has 4 heteroatoms. The Kier molecular flexibility index (Phi) is 3.91. The van der Waals surface area contributed by atoms with Crippen LogP contribution in [0.15, 0.2) is 48.7 Å². The molecule has 1 aromatic heterocycles. The molecule has 0 amide bonds. The van der Waals surface area contributed by atoms with Crippen molar-refractivity contribution in [3.8, 4) is 5.75 Å². The molecule has 0 bridgehead atoms. The SMILES string of the molecule is O=Cc1cccn1C(=O)CCOc1ccccc1. The molecule has 2 aromatic rings. The van der Waals surface area contributed by atoms with E-state index in [1.165, 1.54) is 4.57 Å². The van der Waals surface area contributed by atoms with Gasteiger partial charge < -0.3 is 4.74 Å². The molecule has 0 spiro atoms. The summed E-state index contributed by atoms with van der Waals surface area (Å²) in [5.74, 6) is 0.575. The van der Waals surface area contributed by atoms with Gasteiger partial charge in [-0.05, 0) is 24.3 Å². The summed E-state index contributed by atoms with van der Waals surface area (Å²) in [4.78, 5) is 22.5. The number of hydrogen-bond acceptors (Lipinski definition) is 3. The highest BCUT2D eigenvalue weighted by molar-refractivity contribution is 5.86. The molecule has 0 fully saturated rings. The summed E-state index contributed by atoms with van der Waals surface area (Å²) in [5.41, 5.74) is 0.361. The zero-order valence-electron chi connectivity index (χ0n) is 9.78. The molecule has 0 radical (unpaired) electrons. The molecule has 0 aliphatic heterocycles. The highest BCUT2D eigenvalue weighted by atomic mass is 16.5. The normalized spacial score (nSPS) is 10.0. The van der Waals surface area contributed by atoms with E-state index in [4.69, 9.17) is 4.74 Å². The van der Waals surface area contributed by atoms with Gasteiger partial charge in [-0.15, -0.1) is 0 Å². The van der Waals surface area contributed by atoms with E-state index in [1.807, 2.05) is 30.3 Å². The first-order valence-corrected chi connectivity index (χ1v) is 5.65. The van der Waals surface area contributed by atoms with Crippen LogP contribution >= 0.6 is 0 Å². The predicted molar refractivity (Wildman–Crippen MR) is 67.0 cm³/mol. The van der Waals surface area contributed by atoms with E-state index >= 15 is 0 Å². The predicted octanol–water partition coefficient (Wildman–Crippen LogP) is 2.41. The van der Waals surface area contributed by atoms with E-state index < -0.39 is 0 Å². The first kappa shape index (κ1) is 12.1. The van der Waals surface area contributed by atoms with Gasteiger partial charge in [-0.25, -0.2) is 0 Å². The number of ether oxygens (including phenoxy) is 1. The highest BCUT2D eigenvalue weighted by Gasteiger charge is 2.08. The van der Waals surface area contributed by atoms with E-state index in [0.29, 0.717) is 18.6 Å². The minimum absolute atomic E-state index is 0.155. The quantitative estimate of drug-likeness (QED) is 0.758. The smallest absolute Gasteiger partial charge is 0.234 e. The number of nitrogens with zero attached hydrogens (tertiary/aromatic N) is 1. The molecule has 0 saturated carbocycles. The molecule has 18 heavy (non-hydrogen) atoms. The van der Waals surface area contributed by atoms with Crippen molar-refractivity contribution in [2.24, 2.45) is 0 Å². The summed E-state index contributed by atoms with van der Waals surface area (Å²) in [6, 6.07) is 12.6. The van der Waals surface area contributed by atoms with Crippen LogP contribution in [0.4, 0.5) is 0 Å². The van der Waals surface area contributed by atoms with Gasteiger partial charge in [-0.3, -0.25) is 14.2 Å². The van der Waals surface area contributed by atoms with Gasteiger partial charge in [0.2, 0.25) is 5.91 Å². The zero-order valence-corrected chi connectivity index (χ0v) is 9.78. The number of carbonyl (C=O) groups excluding carboxylic acids is 2. The van der Waals surface area contributed by atoms with Gasteiger partial charge in [0.1, 0.15) is 5.75 Å². The minimum Gasteiger partial charge on any atom is -0.493 e. The van der Waals surface area contributed by atoms with Crippen LogP contribution in [-0.4, -0.2) is 23.4 Å². The third kappa shape index (κ3) is 2.85. The summed E-state index contributed by atoms with van der Waals surface area (Å²) in [6.45, 7) is 0.291. The Balaban J connectivity index is 1.87. The molecule has 0 saturated heterocycles. The molecular weight excluding hydrogens is 230 g/mol. The molecular formula is C14H13NO3. The number of para-hydroxylation sites is 1. The average Bonchev–Trinajstić information content (AvgIpc) is 2.88. The number of benzene rings is 1. The largest absolute Gasteiger partial charge is 0.493 e. The highest BCUT2D eigenvalue weighted by Crippen LogP contribution is 2.09. The topological polar surface area (TPSA) is 48.3 Å². The molecule has 0 N–H and O–H groups in total. The van der Waals surface area contributed by atoms with Gasteiger partial charge in [-0.2, -0.15) is 0 Å². The molecule has 2 rings (SSSR count). The van der Waals surface area contributed by atoms with Crippen molar-refractivity contribution in [2.75, 3.05) is 6.61 Å². The third-order valence-electron chi connectivity index (χ3n) is 2.50. The summed E-state index contributed by atoms with van der Waals surface area (Å²) in [7, 11) is 0. The Morgan fingerprint density at radius 2 is 1.94 bits per heavy atom. The van der Waals surface area contributed by atoms with Crippen molar-refractivity contribution in [1.29, 1.82) is 0 Å². The Bertz CT molecular complexity index is 531. The van der Waals surface area contributed by atoms with Crippen molar-refractivity contribution in [1.82, 2.24) is 4.57 Å². The molecule has 0 unspecified atom stereocenters. The minimum atomic E-state index is -0.155. The number of aromatic nitrogens is 1. The maximum absolute atomic E-state index is 11.8. The lowest BCUT2D eigenvalue weighted by Crippen LogP contribution is -2.15. The molecule has 1 aromatic carbocycles. The van der Waals surface area contributed by atoms with E-state index in [2.05, 4.69) is 0 Å². The van der Waals surface area contributed by atoms with Crippen molar-refractivity contribution in [3.05, 3.63) is 54.4 Å². The molecule has 0 aliphatic carbocycles. The Morgan fingerprint density at radius 3 is 2.67 bits per heavy atom. The number of rotatable bonds is 5. The number of carbonyl (C=O) groups is 2. The summed E-state index contributed by atoms with van der Waals surface area (Å²) < 4.78 is 6.76. The molecule has 92 valence electrons. The van der Waals surface area contributed by atoms with Gasteiger partial charge in [0.25, 0.3) is 0 Å². The Morgan fingerprint density at radius 1 is 1.17 bits per heavy atom. The molecule has 0 aliphatic rings. The Hall–Kier alpha value is -2.36. The maximum Gasteiger partial charge on any atom is 0.234 e. The number of hydrogen-bond donors (Lipinski definition) is 0. The van der Waals surface area contributed by atoms with Crippen molar-refractivity contribution in [3.63, 3.8) is 0 Å².